The Morgan fingerprint density at radius 2 is 2.18 bits per heavy atom. The van der Waals surface area contributed by atoms with E-state index in [1.54, 1.807) is 13.2 Å². The zero-order chi connectivity index (χ0) is 12.8. The van der Waals surface area contributed by atoms with Gasteiger partial charge < -0.3 is 14.8 Å². The predicted molar refractivity (Wildman–Crippen MR) is 62.1 cm³/mol. The van der Waals surface area contributed by atoms with Crippen LogP contribution < -0.4 is 14.8 Å². The maximum atomic E-state index is 11.0. The van der Waals surface area contributed by atoms with Gasteiger partial charge in [0.1, 0.15) is 5.56 Å². The molecule has 17 heavy (non-hydrogen) atoms. The molecule has 0 spiro atoms. The zero-order valence-electron chi connectivity index (χ0n) is 9.76. The Labute approximate surface area is 98.2 Å². The van der Waals surface area contributed by atoms with Gasteiger partial charge in [0.15, 0.2) is 5.75 Å². The lowest BCUT2D eigenvalue weighted by molar-refractivity contribution is -0.386. The Balaban J connectivity index is 3.46. The van der Waals surface area contributed by atoms with E-state index >= 15 is 0 Å². The third-order valence-corrected chi connectivity index (χ3v) is 2.03. The van der Waals surface area contributed by atoms with Gasteiger partial charge in [-0.1, -0.05) is 0 Å². The number of hydrogen-bond donors (Lipinski definition) is 1. The molecule has 0 saturated heterocycles. The molecule has 92 valence electrons. The number of nitro groups is 1. The second-order valence-corrected chi connectivity index (χ2v) is 2.98. The fourth-order valence-electron chi connectivity index (χ4n) is 1.30. The van der Waals surface area contributed by atoms with Crippen molar-refractivity contribution in [3.8, 4) is 11.6 Å². The third-order valence-electron chi connectivity index (χ3n) is 2.03. The Bertz CT molecular complexity index is 445. The molecular weight excluding hydrogens is 226 g/mol. The summed E-state index contributed by atoms with van der Waals surface area (Å²) in [6.07, 6.45) is 4.46. The second-order valence-electron chi connectivity index (χ2n) is 2.98. The fraction of sp³-hybridized carbons (Fsp3) is 0.300. The van der Waals surface area contributed by atoms with Crippen molar-refractivity contribution >= 4 is 11.8 Å². The molecule has 1 rings (SSSR count). The van der Waals surface area contributed by atoms with Gasteiger partial charge in [0.05, 0.1) is 25.3 Å². The lowest BCUT2D eigenvalue weighted by Gasteiger charge is -2.07. The van der Waals surface area contributed by atoms with Crippen LogP contribution in [0, 0.1) is 10.1 Å². The van der Waals surface area contributed by atoms with Crippen molar-refractivity contribution in [2.24, 2.45) is 0 Å². The van der Waals surface area contributed by atoms with E-state index in [2.05, 4.69) is 10.3 Å². The summed E-state index contributed by atoms with van der Waals surface area (Å²) >= 11 is 0. The van der Waals surface area contributed by atoms with Gasteiger partial charge in [0, 0.05) is 7.05 Å². The zero-order valence-corrected chi connectivity index (χ0v) is 9.76. The van der Waals surface area contributed by atoms with E-state index < -0.39 is 4.92 Å². The summed E-state index contributed by atoms with van der Waals surface area (Å²) in [6, 6.07) is 0. The molecule has 0 unspecified atom stereocenters. The van der Waals surface area contributed by atoms with Crippen LogP contribution in [0.4, 0.5) is 5.69 Å². The van der Waals surface area contributed by atoms with Gasteiger partial charge in [0.25, 0.3) is 5.88 Å². The van der Waals surface area contributed by atoms with Crippen LogP contribution in [0.3, 0.4) is 0 Å². The van der Waals surface area contributed by atoms with Crippen LogP contribution >= 0.6 is 0 Å². The average Bonchev–Trinajstić information content (AvgIpc) is 2.34. The molecule has 0 aliphatic carbocycles. The quantitative estimate of drug-likeness (QED) is 0.613. The summed E-state index contributed by atoms with van der Waals surface area (Å²) in [7, 11) is 4.44. The number of aromatic nitrogens is 1. The van der Waals surface area contributed by atoms with Crippen molar-refractivity contribution in [1.29, 1.82) is 0 Å². The largest absolute Gasteiger partial charge is 0.494 e. The molecule has 0 aliphatic heterocycles. The third kappa shape index (κ3) is 2.63. The smallest absolute Gasteiger partial charge is 0.341 e. The molecular formula is C10H13N3O4. The lowest BCUT2D eigenvalue weighted by atomic mass is 10.2. The van der Waals surface area contributed by atoms with Crippen LogP contribution in [0.25, 0.3) is 6.08 Å². The molecule has 1 aromatic heterocycles. The number of pyridine rings is 1. The molecule has 7 nitrogen and oxygen atoms in total. The lowest BCUT2D eigenvalue weighted by Crippen LogP contribution is -2.02. The van der Waals surface area contributed by atoms with Crippen LogP contribution in [0.5, 0.6) is 11.6 Å². The molecule has 0 amide bonds. The first-order valence-electron chi connectivity index (χ1n) is 4.74. The summed E-state index contributed by atoms with van der Waals surface area (Å²) in [6.45, 7) is 0. The highest BCUT2D eigenvalue weighted by atomic mass is 16.6. The van der Waals surface area contributed by atoms with E-state index in [1.165, 1.54) is 26.5 Å². The highest BCUT2D eigenvalue weighted by Crippen LogP contribution is 2.35. The van der Waals surface area contributed by atoms with Crippen LogP contribution in [0.2, 0.25) is 0 Å². The van der Waals surface area contributed by atoms with E-state index in [1.807, 2.05) is 0 Å². The normalized spacial score (nSPS) is 10.3. The number of ether oxygens (including phenoxy) is 2. The first-order valence-corrected chi connectivity index (χ1v) is 4.74. The molecule has 0 aliphatic rings. The number of hydrogen-bond acceptors (Lipinski definition) is 6. The summed E-state index contributed by atoms with van der Waals surface area (Å²) in [4.78, 5) is 14.3. The fourth-order valence-corrected chi connectivity index (χ4v) is 1.30. The molecule has 0 saturated carbocycles. The van der Waals surface area contributed by atoms with Crippen LogP contribution in [-0.4, -0.2) is 31.2 Å². The SMILES string of the molecule is CN/C=C/c1c(OC)cnc(OC)c1[N+](=O)[O-]. The second kappa shape index (κ2) is 5.69. The molecule has 0 aromatic carbocycles. The Hall–Kier alpha value is -2.31. The van der Waals surface area contributed by atoms with E-state index in [-0.39, 0.29) is 11.6 Å². The maximum absolute atomic E-state index is 11.0. The number of methoxy groups -OCH3 is 2. The van der Waals surface area contributed by atoms with E-state index in [0.717, 1.165) is 0 Å². The van der Waals surface area contributed by atoms with Crippen molar-refractivity contribution in [1.82, 2.24) is 10.3 Å². The van der Waals surface area contributed by atoms with Crippen molar-refractivity contribution in [2.45, 2.75) is 0 Å². The molecule has 0 atom stereocenters. The Morgan fingerprint density at radius 3 is 2.65 bits per heavy atom. The molecule has 7 heteroatoms. The average molecular weight is 239 g/mol. The monoisotopic (exact) mass is 239 g/mol. The standard InChI is InChI=1S/C10H13N3O4/c1-11-5-4-7-8(16-2)6-12-10(17-3)9(7)13(14)15/h4-6,11H,1-3H3/b5-4+. The molecule has 0 fully saturated rings. The van der Waals surface area contributed by atoms with Gasteiger partial charge in [-0.2, -0.15) is 0 Å². The van der Waals surface area contributed by atoms with Gasteiger partial charge in [-0.3, -0.25) is 10.1 Å². The predicted octanol–water partition coefficient (Wildman–Crippen LogP) is 1.20. The Kier molecular flexibility index (Phi) is 4.27. The minimum absolute atomic E-state index is 0.0495. The highest BCUT2D eigenvalue weighted by molar-refractivity contribution is 5.70. The molecule has 1 N–H and O–H groups in total. The topological polar surface area (TPSA) is 86.5 Å². The molecule has 1 heterocycles. The van der Waals surface area contributed by atoms with Crippen molar-refractivity contribution in [3.63, 3.8) is 0 Å². The summed E-state index contributed by atoms with van der Waals surface area (Å²) < 4.78 is 9.90. The summed E-state index contributed by atoms with van der Waals surface area (Å²) in [5, 5.41) is 13.8. The maximum Gasteiger partial charge on any atom is 0.341 e. The van der Waals surface area contributed by atoms with Gasteiger partial charge in [0.2, 0.25) is 0 Å². The van der Waals surface area contributed by atoms with Crippen molar-refractivity contribution in [3.05, 3.63) is 28.1 Å². The number of nitrogens with one attached hydrogen (secondary N) is 1. The van der Waals surface area contributed by atoms with Gasteiger partial charge in [-0.25, -0.2) is 4.98 Å². The van der Waals surface area contributed by atoms with Crippen molar-refractivity contribution < 1.29 is 14.4 Å². The Morgan fingerprint density at radius 1 is 1.47 bits per heavy atom. The first-order chi connectivity index (χ1) is 8.15. The van der Waals surface area contributed by atoms with E-state index in [0.29, 0.717) is 11.3 Å². The van der Waals surface area contributed by atoms with Crippen molar-refractivity contribution in [2.75, 3.05) is 21.3 Å². The van der Waals surface area contributed by atoms with Crippen LogP contribution in [0.15, 0.2) is 12.4 Å². The molecule has 1 aromatic rings. The van der Waals surface area contributed by atoms with Gasteiger partial charge in [-0.05, 0) is 12.3 Å². The minimum Gasteiger partial charge on any atom is -0.494 e. The first kappa shape index (κ1) is 12.8. The summed E-state index contributed by atoms with van der Waals surface area (Å²) in [5.41, 5.74) is 0.0806. The van der Waals surface area contributed by atoms with Crippen LogP contribution in [0.1, 0.15) is 5.56 Å². The number of nitrogens with zero attached hydrogens (tertiary/aromatic N) is 2. The van der Waals surface area contributed by atoms with Crippen LogP contribution in [-0.2, 0) is 0 Å². The van der Waals surface area contributed by atoms with Gasteiger partial charge in [-0.15, -0.1) is 0 Å². The van der Waals surface area contributed by atoms with E-state index in [4.69, 9.17) is 9.47 Å². The van der Waals surface area contributed by atoms with E-state index in [9.17, 15) is 10.1 Å². The molecule has 0 radical (unpaired) electrons. The van der Waals surface area contributed by atoms with Gasteiger partial charge >= 0.3 is 5.69 Å². The highest BCUT2D eigenvalue weighted by Gasteiger charge is 2.24. The number of rotatable bonds is 5. The summed E-state index contributed by atoms with van der Waals surface area (Å²) in [5.74, 6) is 0.260. The minimum atomic E-state index is -0.552. The molecule has 0 bridgehead atoms.